The van der Waals surface area contributed by atoms with Gasteiger partial charge in [0.1, 0.15) is 15.8 Å². The Bertz CT molecular complexity index is 1460. The average Bonchev–Trinajstić information content (AvgIpc) is 3.45. The summed E-state index contributed by atoms with van der Waals surface area (Å²) in [6.07, 6.45) is 4.83. The molecule has 1 amide bonds. The zero-order chi connectivity index (χ0) is 25.8. The Morgan fingerprint density at radius 2 is 1.76 bits per heavy atom. The van der Waals surface area contributed by atoms with Gasteiger partial charge in [0.05, 0.1) is 23.7 Å². The number of ether oxygens (including phenoxy) is 1. The summed E-state index contributed by atoms with van der Waals surface area (Å²) in [5.74, 6) is 0.756. The second-order valence-electron chi connectivity index (χ2n) is 8.79. The molecule has 5 rings (SSSR count). The van der Waals surface area contributed by atoms with Gasteiger partial charge in [0.2, 0.25) is 0 Å². The molecule has 1 aliphatic heterocycles. The van der Waals surface area contributed by atoms with Crippen LogP contribution in [0.4, 0.5) is 0 Å². The monoisotopic (exact) mass is 525 g/mol. The minimum Gasteiger partial charge on any atom is -0.494 e. The minimum absolute atomic E-state index is 0.0858. The summed E-state index contributed by atoms with van der Waals surface area (Å²) in [6.45, 7) is 5.28. The van der Waals surface area contributed by atoms with Gasteiger partial charge in [-0.2, -0.15) is 5.10 Å². The lowest BCUT2D eigenvalue weighted by molar-refractivity contribution is -0.122. The predicted molar refractivity (Wildman–Crippen MR) is 155 cm³/mol. The largest absolute Gasteiger partial charge is 0.494 e. The van der Waals surface area contributed by atoms with E-state index in [0.29, 0.717) is 22.4 Å². The number of carbonyl (C=O) groups is 1. The number of rotatable bonds is 8. The molecule has 0 saturated carbocycles. The third-order valence-corrected chi connectivity index (χ3v) is 7.41. The van der Waals surface area contributed by atoms with Gasteiger partial charge in [0, 0.05) is 17.3 Å². The van der Waals surface area contributed by atoms with Crippen LogP contribution in [0.15, 0.2) is 90.0 Å². The second-order valence-corrected chi connectivity index (χ2v) is 10.5. The molecular formula is C30H27N3O2S2. The number of para-hydroxylation sites is 1. The molecule has 5 nitrogen and oxygen atoms in total. The van der Waals surface area contributed by atoms with Crippen LogP contribution in [0.3, 0.4) is 0 Å². The van der Waals surface area contributed by atoms with Crippen LogP contribution in [0.2, 0.25) is 0 Å². The Kier molecular flexibility index (Phi) is 7.53. The summed E-state index contributed by atoms with van der Waals surface area (Å²) >= 11 is 6.91. The van der Waals surface area contributed by atoms with Crippen LogP contribution < -0.4 is 4.74 Å². The number of carbonyl (C=O) groups excluding carboxylic acids is 1. The van der Waals surface area contributed by atoms with Crippen LogP contribution in [0, 0.1) is 6.92 Å². The van der Waals surface area contributed by atoms with E-state index in [1.165, 1.54) is 11.8 Å². The smallest absolute Gasteiger partial charge is 0.266 e. The Morgan fingerprint density at radius 3 is 2.46 bits per heavy atom. The highest BCUT2D eigenvalue weighted by atomic mass is 32.2. The number of aromatic nitrogens is 2. The van der Waals surface area contributed by atoms with E-state index in [9.17, 15) is 4.79 Å². The van der Waals surface area contributed by atoms with E-state index in [1.54, 1.807) is 4.90 Å². The third kappa shape index (κ3) is 5.53. The lowest BCUT2D eigenvalue weighted by atomic mass is 10.0. The summed E-state index contributed by atoms with van der Waals surface area (Å²) in [6, 6.07) is 25.9. The molecule has 1 aliphatic rings. The van der Waals surface area contributed by atoms with Gasteiger partial charge < -0.3 is 4.74 Å². The molecule has 1 saturated heterocycles. The summed E-state index contributed by atoms with van der Waals surface area (Å²) in [7, 11) is 0. The quantitative estimate of drug-likeness (QED) is 0.182. The number of nitrogens with zero attached hydrogens (tertiary/aromatic N) is 3. The molecule has 0 bridgehead atoms. The van der Waals surface area contributed by atoms with E-state index in [0.717, 1.165) is 45.8 Å². The van der Waals surface area contributed by atoms with Crippen molar-refractivity contribution in [3.8, 4) is 22.7 Å². The zero-order valence-electron chi connectivity index (χ0n) is 20.8. The maximum absolute atomic E-state index is 13.4. The fraction of sp³-hybridized carbons (Fsp3) is 0.167. The number of amides is 1. The van der Waals surface area contributed by atoms with Crippen molar-refractivity contribution in [2.45, 2.75) is 26.8 Å². The van der Waals surface area contributed by atoms with Crippen LogP contribution in [-0.2, 0) is 11.3 Å². The zero-order valence-corrected chi connectivity index (χ0v) is 22.4. The van der Waals surface area contributed by atoms with Gasteiger partial charge in [-0.05, 0) is 60.9 Å². The van der Waals surface area contributed by atoms with Crippen molar-refractivity contribution in [1.29, 1.82) is 0 Å². The van der Waals surface area contributed by atoms with E-state index in [-0.39, 0.29) is 5.91 Å². The molecule has 4 aromatic rings. The number of hydrogen-bond acceptors (Lipinski definition) is 5. The third-order valence-electron chi connectivity index (χ3n) is 6.03. The van der Waals surface area contributed by atoms with Crippen LogP contribution >= 0.6 is 24.0 Å². The highest BCUT2D eigenvalue weighted by molar-refractivity contribution is 8.26. The van der Waals surface area contributed by atoms with Crippen LogP contribution in [0.25, 0.3) is 23.0 Å². The molecule has 3 aromatic carbocycles. The number of thioether (sulfide) groups is 1. The van der Waals surface area contributed by atoms with Crippen LogP contribution in [0.5, 0.6) is 5.75 Å². The topological polar surface area (TPSA) is 47.4 Å². The van der Waals surface area contributed by atoms with Crippen molar-refractivity contribution in [1.82, 2.24) is 14.7 Å². The van der Waals surface area contributed by atoms with Crippen molar-refractivity contribution >= 4 is 40.3 Å². The van der Waals surface area contributed by atoms with Gasteiger partial charge in [0.15, 0.2) is 0 Å². The molecule has 0 atom stereocenters. The van der Waals surface area contributed by atoms with Gasteiger partial charge in [-0.15, -0.1) is 0 Å². The Labute approximate surface area is 226 Å². The lowest BCUT2D eigenvalue weighted by Gasteiger charge is -2.14. The molecule has 0 N–H and O–H groups in total. The molecule has 0 spiro atoms. The SMILES string of the molecule is CCCOc1ccc(-c2nn(-c3ccccc3)cc2/C=C2\SC(=S)N(Cc3ccccc3)C2=O)c(C)c1. The van der Waals surface area contributed by atoms with Gasteiger partial charge in [-0.3, -0.25) is 9.69 Å². The highest BCUT2D eigenvalue weighted by Gasteiger charge is 2.32. The van der Waals surface area contributed by atoms with Crippen molar-refractivity contribution in [3.63, 3.8) is 0 Å². The number of benzene rings is 3. The highest BCUT2D eigenvalue weighted by Crippen LogP contribution is 2.36. The van der Waals surface area contributed by atoms with E-state index in [4.69, 9.17) is 22.1 Å². The first-order chi connectivity index (χ1) is 18.0. The second kappa shape index (κ2) is 11.2. The lowest BCUT2D eigenvalue weighted by Crippen LogP contribution is -2.27. The molecule has 186 valence electrons. The van der Waals surface area contributed by atoms with Crippen molar-refractivity contribution < 1.29 is 9.53 Å². The standard InChI is InChI=1S/C30H27N3O2S2/c1-3-16-35-25-14-15-26(21(2)17-25)28-23(20-33(31-28)24-12-8-5-9-13-24)18-27-29(34)32(30(36)37-27)19-22-10-6-4-7-11-22/h4-15,17-18,20H,3,16,19H2,1-2H3/b27-18-. The summed E-state index contributed by atoms with van der Waals surface area (Å²) < 4.78 is 8.24. The fourth-order valence-corrected chi connectivity index (χ4v) is 5.42. The average molecular weight is 526 g/mol. The molecule has 1 fully saturated rings. The first-order valence-electron chi connectivity index (χ1n) is 12.2. The summed E-state index contributed by atoms with van der Waals surface area (Å²) in [4.78, 5) is 15.6. The van der Waals surface area contributed by atoms with E-state index in [1.807, 2.05) is 95.8 Å². The Hall–Kier alpha value is -3.68. The molecular weight excluding hydrogens is 498 g/mol. The predicted octanol–water partition coefficient (Wildman–Crippen LogP) is 7.04. The van der Waals surface area contributed by atoms with Crippen molar-refractivity contribution in [3.05, 3.63) is 107 Å². The Balaban J connectivity index is 1.52. The molecule has 0 unspecified atom stereocenters. The normalized spacial score (nSPS) is 14.5. The van der Waals surface area contributed by atoms with Crippen molar-refractivity contribution in [2.24, 2.45) is 0 Å². The van der Waals surface area contributed by atoms with Gasteiger partial charge in [-0.1, -0.05) is 79.4 Å². The first-order valence-corrected chi connectivity index (χ1v) is 13.4. The number of thiocarbonyl (C=S) groups is 1. The van der Waals surface area contributed by atoms with Crippen LogP contribution in [-0.4, -0.2) is 31.5 Å². The Morgan fingerprint density at radius 1 is 1.03 bits per heavy atom. The summed E-state index contributed by atoms with van der Waals surface area (Å²) in [5.41, 5.74) is 5.69. The number of hydrogen-bond donors (Lipinski definition) is 0. The molecule has 2 heterocycles. The van der Waals surface area contributed by atoms with E-state index < -0.39 is 0 Å². The first kappa shape index (κ1) is 25.0. The fourth-order valence-electron chi connectivity index (χ4n) is 4.17. The minimum atomic E-state index is -0.0858. The molecule has 7 heteroatoms. The van der Waals surface area contributed by atoms with Crippen LogP contribution in [0.1, 0.15) is 30.0 Å². The number of aryl methyl sites for hydroxylation is 1. The summed E-state index contributed by atoms with van der Waals surface area (Å²) in [5, 5.41) is 4.94. The van der Waals surface area contributed by atoms with Gasteiger partial charge in [-0.25, -0.2) is 4.68 Å². The van der Waals surface area contributed by atoms with Gasteiger partial charge in [0.25, 0.3) is 5.91 Å². The van der Waals surface area contributed by atoms with Gasteiger partial charge >= 0.3 is 0 Å². The van der Waals surface area contributed by atoms with E-state index >= 15 is 0 Å². The maximum Gasteiger partial charge on any atom is 0.266 e. The molecule has 1 aromatic heterocycles. The van der Waals surface area contributed by atoms with E-state index in [2.05, 4.69) is 13.8 Å². The maximum atomic E-state index is 13.4. The molecule has 0 aliphatic carbocycles. The molecule has 37 heavy (non-hydrogen) atoms. The van der Waals surface area contributed by atoms with Crippen molar-refractivity contribution in [2.75, 3.05) is 6.61 Å². The molecule has 0 radical (unpaired) electrons.